The molecule has 0 bridgehead atoms. The number of non-ortho nitro benzene ring substituents is 1. The van der Waals surface area contributed by atoms with Gasteiger partial charge < -0.3 is 9.64 Å². The molecule has 28 heavy (non-hydrogen) atoms. The highest BCUT2D eigenvalue weighted by Crippen LogP contribution is 2.44. The number of fused-ring (bicyclic) bond motifs is 1. The predicted octanol–water partition coefficient (Wildman–Crippen LogP) is 3.59. The maximum absolute atomic E-state index is 13.2. The fraction of sp³-hybridized carbons (Fsp3) is 0.238. The molecular formula is C21H20N2O5. The molecule has 0 aromatic heterocycles. The smallest absolute Gasteiger partial charge is 0.337 e. The average molecular weight is 380 g/mol. The third-order valence-corrected chi connectivity index (χ3v) is 4.85. The Balaban J connectivity index is 2.08. The van der Waals surface area contributed by atoms with Gasteiger partial charge in [0.05, 0.1) is 11.5 Å². The van der Waals surface area contributed by atoms with Crippen molar-refractivity contribution >= 4 is 17.6 Å². The molecule has 1 amide bonds. The second-order valence-corrected chi connectivity index (χ2v) is 6.43. The van der Waals surface area contributed by atoms with Crippen LogP contribution in [0.1, 0.15) is 34.8 Å². The van der Waals surface area contributed by atoms with E-state index in [0.29, 0.717) is 16.7 Å². The number of nitrogens with zero attached hydrogens (tertiary/aromatic N) is 2. The van der Waals surface area contributed by atoms with Gasteiger partial charge in [0.15, 0.2) is 5.54 Å². The number of esters is 1. The highest BCUT2D eigenvalue weighted by Gasteiger charge is 2.55. The summed E-state index contributed by atoms with van der Waals surface area (Å²) in [6.45, 7) is 5.76. The van der Waals surface area contributed by atoms with Crippen molar-refractivity contribution in [1.82, 2.24) is 4.90 Å². The monoisotopic (exact) mass is 380 g/mol. The first kappa shape index (κ1) is 19.3. The van der Waals surface area contributed by atoms with E-state index in [1.54, 1.807) is 49.4 Å². The summed E-state index contributed by atoms with van der Waals surface area (Å²) in [6.07, 6.45) is 1.79. The predicted molar refractivity (Wildman–Crippen MR) is 103 cm³/mol. The second kappa shape index (κ2) is 7.64. The number of benzene rings is 2. The van der Waals surface area contributed by atoms with Crippen molar-refractivity contribution in [3.63, 3.8) is 0 Å². The number of rotatable bonds is 7. The fourth-order valence-electron chi connectivity index (χ4n) is 3.59. The number of carbonyl (C=O) groups is 2. The number of amides is 1. The van der Waals surface area contributed by atoms with Crippen LogP contribution in [0.15, 0.2) is 61.2 Å². The zero-order valence-corrected chi connectivity index (χ0v) is 15.5. The largest absolute Gasteiger partial charge is 0.464 e. The van der Waals surface area contributed by atoms with Crippen molar-refractivity contribution in [2.24, 2.45) is 0 Å². The lowest BCUT2D eigenvalue weighted by molar-refractivity contribution is -0.384. The molecule has 0 spiro atoms. The summed E-state index contributed by atoms with van der Waals surface area (Å²) in [7, 11) is 0. The molecule has 2 aromatic carbocycles. The Labute approximate surface area is 162 Å². The molecule has 0 radical (unpaired) electrons. The van der Waals surface area contributed by atoms with E-state index in [1.165, 1.54) is 17.0 Å². The molecule has 1 heterocycles. The van der Waals surface area contributed by atoms with Crippen molar-refractivity contribution in [2.45, 2.75) is 25.4 Å². The summed E-state index contributed by atoms with van der Waals surface area (Å²) in [6, 6.07) is 12.9. The molecule has 0 fully saturated rings. The number of ether oxygens (including phenoxy) is 1. The van der Waals surface area contributed by atoms with Gasteiger partial charge >= 0.3 is 5.97 Å². The Morgan fingerprint density at radius 2 is 1.93 bits per heavy atom. The molecule has 0 saturated heterocycles. The summed E-state index contributed by atoms with van der Waals surface area (Å²) in [5, 5.41) is 10.9. The summed E-state index contributed by atoms with van der Waals surface area (Å²) < 4.78 is 5.34. The Morgan fingerprint density at radius 3 is 2.54 bits per heavy atom. The first-order valence-corrected chi connectivity index (χ1v) is 8.88. The van der Waals surface area contributed by atoms with Crippen LogP contribution < -0.4 is 0 Å². The summed E-state index contributed by atoms with van der Waals surface area (Å²) in [5.74, 6) is -0.807. The van der Waals surface area contributed by atoms with E-state index in [0.717, 1.165) is 0 Å². The van der Waals surface area contributed by atoms with Crippen molar-refractivity contribution < 1.29 is 19.2 Å². The van der Waals surface area contributed by atoms with Gasteiger partial charge in [0.2, 0.25) is 0 Å². The highest BCUT2D eigenvalue weighted by molar-refractivity contribution is 6.06. The molecule has 0 saturated carbocycles. The molecule has 1 aliphatic heterocycles. The van der Waals surface area contributed by atoms with Gasteiger partial charge in [-0.15, -0.1) is 6.58 Å². The van der Waals surface area contributed by atoms with E-state index in [2.05, 4.69) is 6.58 Å². The minimum Gasteiger partial charge on any atom is -0.464 e. The first-order chi connectivity index (χ1) is 13.5. The van der Waals surface area contributed by atoms with Crippen molar-refractivity contribution in [1.29, 1.82) is 0 Å². The number of hydrogen-bond donors (Lipinski definition) is 0. The minimum absolute atomic E-state index is 0.0393. The van der Waals surface area contributed by atoms with E-state index in [1.807, 2.05) is 0 Å². The van der Waals surface area contributed by atoms with E-state index >= 15 is 0 Å². The van der Waals surface area contributed by atoms with Crippen LogP contribution in [0.5, 0.6) is 0 Å². The fourth-order valence-corrected chi connectivity index (χ4v) is 3.59. The third-order valence-electron chi connectivity index (χ3n) is 4.85. The van der Waals surface area contributed by atoms with Gasteiger partial charge in [0, 0.05) is 36.2 Å². The maximum Gasteiger partial charge on any atom is 0.337 e. The molecule has 0 aliphatic carbocycles. The number of hydrogen-bond acceptors (Lipinski definition) is 5. The molecule has 0 N–H and O–H groups in total. The quantitative estimate of drug-likeness (QED) is 0.317. The number of nitro benzene ring substituents is 1. The van der Waals surface area contributed by atoms with Crippen LogP contribution in [0.25, 0.3) is 0 Å². The molecular weight excluding hydrogens is 360 g/mol. The van der Waals surface area contributed by atoms with Gasteiger partial charge in [-0.3, -0.25) is 14.9 Å². The standard InChI is InChI=1S/C21H20N2O5/c1-3-13-21(20(25)28-4-2)18-8-6-5-7-17(18)19(24)22(21)14-15-9-11-16(12-10-15)23(26)27/h3,5-12H,1,4,13-14H2,2H3. The summed E-state index contributed by atoms with van der Waals surface area (Å²) >= 11 is 0. The average Bonchev–Trinajstić information content (AvgIpc) is 2.93. The molecule has 1 atom stereocenters. The lowest BCUT2D eigenvalue weighted by Gasteiger charge is -2.36. The Morgan fingerprint density at radius 1 is 1.25 bits per heavy atom. The molecule has 1 unspecified atom stereocenters. The van der Waals surface area contributed by atoms with Gasteiger partial charge in [0.25, 0.3) is 11.6 Å². The van der Waals surface area contributed by atoms with Crippen molar-refractivity contribution in [2.75, 3.05) is 6.61 Å². The summed E-state index contributed by atoms with van der Waals surface area (Å²) in [5.41, 5.74) is 0.347. The Kier molecular flexibility index (Phi) is 5.26. The Bertz CT molecular complexity index is 938. The van der Waals surface area contributed by atoms with Gasteiger partial charge in [0.1, 0.15) is 0 Å². The van der Waals surface area contributed by atoms with Crippen LogP contribution in [0.3, 0.4) is 0 Å². The van der Waals surface area contributed by atoms with Crippen LogP contribution in [-0.4, -0.2) is 28.3 Å². The van der Waals surface area contributed by atoms with Crippen molar-refractivity contribution in [3.8, 4) is 0 Å². The lowest BCUT2D eigenvalue weighted by atomic mass is 9.86. The van der Waals surface area contributed by atoms with Crippen LogP contribution in [-0.2, 0) is 21.6 Å². The SMILES string of the molecule is C=CCC1(C(=O)OCC)c2ccccc2C(=O)N1Cc1ccc([N+](=O)[O-])cc1. The number of carbonyl (C=O) groups excluding carboxylic acids is 2. The molecule has 144 valence electrons. The van der Waals surface area contributed by atoms with Crippen molar-refractivity contribution in [3.05, 3.63) is 88.0 Å². The second-order valence-electron chi connectivity index (χ2n) is 6.43. The van der Waals surface area contributed by atoms with Gasteiger partial charge in [-0.2, -0.15) is 0 Å². The molecule has 1 aliphatic rings. The van der Waals surface area contributed by atoms with Crippen LogP contribution in [0.4, 0.5) is 5.69 Å². The van der Waals surface area contributed by atoms with E-state index in [-0.39, 0.29) is 31.2 Å². The topological polar surface area (TPSA) is 89.8 Å². The van der Waals surface area contributed by atoms with Crippen LogP contribution >= 0.6 is 0 Å². The zero-order valence-electron chi connectivity index (χ0n) is 15.5. The molecule has 7 heteroatoms. The van der Waals surface area contributed by atoms with E-state index in [4.69, 9.17) is 4.74 Å². The van der Waals surface area contributed by atoms with E-state index in [9.17, 15) is 19.7 Å². The van der Waals surface area contributed by atoms with Crippen LogP contribution in [0, 0.1) is 10.1 Å². The van der Waals surface area contributed by atoms with Gasteiger partial charge in [-0.1, -0.05) is 36.4 Å². The summed E-state index contributed by atoms with van der Waals surface area (Å²) in [4.78, 5) is 38.1. The van der Waals surface area contributed by atoms with Gasteiger partial charge in [-0.05, 0) is 18.6 Å². The zero-order chi connectivity index (χ0) is 20.3. The maximum atomic E-state index is 13.2. The Hall–Kier alpha value is -3.48. The minimum atomic E-state index is -1.31. The molecule has 2 aromatic rings. The highest BCUT2D eigenvalue weighted by atomic mass is 16.6. The molecule has 7 nitrogen and oxygen atoms in total. The van der Waals surface area contributed by atoms with Gasteiger partial charge in [-0.25, -0.2) is 4.79 Å². The van der Waals surface area contributed by atoms with E-state index < -0.39 is 16.4 Å². The first-order valence-electron chi connectivity index (χ1n) is 8.88. The lowest BCUT2D eigenvalue weighted by Crippen LogP contribution is -2.50. The normalized spacial score (nSPS) is 17.9. The molecule has 3 rings (SSSR count). The number of nitro groups is 1. The third kappa shape index (κ3) is 3.05. The van der Waals surface area contributed by atoms with Crippen LogP contribution in [0.2, 0.25) is 0 Å².